The van der Waals surface area contributed by atoms with E-state index in [2.05, 4.69) is 39.6 Å². The van der Waals surface area contributed by atoms with Crippen LogP contribution in [0.5, 0.6) is 11.5 Å². The molecule has 0 spiro atoms. The third-order valence-electron chi connectivity index (χ3n) is 9.33. The summed E-state index contributed by atoms with van der Waals surface area (Å²) < 4.78 is 81.0. The number of ether oxygens (including phenoxy) is 2. The summed E-state index contributed by atoms with van der Waals surface area (Å²) in [7, 11) is 0. The van der Waals surface area contributed by atoms with Gasteiger partial charge >= 0.3 is 12.7 Å². The average Bonchev–Trinajstić information content (AvgIpc) is 3.56. The molecule has 10 nitrogen and oxygen atoms in total. The Morgan fingerprint density at radius 3 is 1.65 bits per heavy atom. The minimum absolute atomic E-state index is 0.0532. The maximum Gasteiger partial charge on any atom is 0.573 e. The molecule has 0 unspecified atom stereocenters. The Balaban J connectivity index is 0.000000205. The van der Waals surface area contributed by atoms with Gasteiger partial charge in [0.25, 0.3) is 0 Å². The number of aromatic amines is 1. The van der Waals surface area contributed by atoms with Gasteiger partial charge in [0.1, 0.15) is 23.3 Å². The number of alkyl halides is 6. The van der Waals surface area contributed by atoms with Crippen LogP contribution in [0.2, 0.25) is 0 Å². The third kappa shape index (κ3) is 9.95. The maximum absolute atomic E-state index is 12.3. The van der Waals surface area contributed by atoms with Gasteiger partial charge in [-0.15, -0.1) is 26.3 Å². The number of aromatic nitrogens is 4. The summed E-state index contributed by atoms with van der Waals surface area (Å²) in [6, 6.07) is 12.1. The standard InChI is InChI=1S/C19H21F3N6O.C14H19F3N2O/c20-19(21,22)29-14-3-1-13(2-4-14)9-18(10-23)5-7-28(8-6-18)17-15-16(25-11-24-15)26-12-27-17;15-14(16,17)20-12-3-1-11(2-4-12)9-13(10-18)5-7-19-8-6-13/h1-4,11-12H,5-10,23H2,(H,24,25,26,27);1-4,19H,5-10,18H2. The fourth-order valence-electron chi connectivity index (χ4n) is 6.53. The molecule has 49 heavy (non-hydrogen) atoms. The molecule has 2 fully saturated rings. The van der Waals surface area contributed by atoms with E-state index < -0.39 is 12.7 Å². The molecule has 16 heteroatoms. The number of H-pyrrole nitrogens is 1. The zero-order chi connectivity index (χ0) is 35.1. The van der Waals surface area contributed by atoms with Crippen molar-refractivity contribution >= 4 is 17.0 Å². The predicted molar refractivity (Wildman–Crippen MR) is 172 cm³/mol. The summed E-state index contributed by atoms with van der Waals surface area (Å²) in [5.41, 5.74) is 15.3. The molecule has 0 atom stereocenters. The Kier molecular flexibility index (Phi) is 11.2. The monoisotopic (exact) mass is 694 g/mol. The van der Waals surface area contributed by atoms with Crippen molar-refractivity contribution in [3.63, 3.8) is 0 Å². The highest BCUT2D eigenvalue weighted by atomic mass is 19.4. The second-order valence-corrected chi connectivity index (χ2v) is 12.7. The second-order valence-electron chi connectivity index (χ2n) is 12.7. The molecular formula is C33H40F6N8O2. The number of rotatable bonds is 9. The van der Waals surface area contributed by atoms with Crippen molar-refractivity contribution in [3.8, 4) is 11.5 Å². The SMILES string of the molecule is NCC1(Cc2ccc(OC(F)(F)F)cc2)CCN(c2ncnc3nc[nH]c23)CC1.NCC1(Cc2ccc(OC(F)(F)F)cc2)CCNCC1. The Bertz CT molecular complexity index is 1620. The van der Waals surface area contributed by atoms with Gasteiger partial charge in [0.05, 0.1) is 6.33 Å². The van der Waals surface area contributed by atoms with Gasteiger partial charge in [-0.3, -0.25) is 0 Å². The molecule has 4 aromatic rings. The third-order valence-corrected chi connectivity index (χ3v) is 9.33. The van der Waals surface area contributed by atoms with Crippen LogP contribution in [0, 0.1) is 10.8 Å². The number of piperidine rings is 2. The van der Waals surface area contributed by atoms with Crippen molar-refractivity contribution in [1.82, 2.24) is 25.3 Å². The second kappa shape index (κ2) is 15.2. The maximum atomic E-state index is 12.3. The lowest BCUT2D eigenvalue weighted by molar-refractivity contribution is -0.275. The van der Waals surface area contributed by atoms with Crippen molar-refractivity contribution < 1.29 is 35.8 Å². The Hall–Kier alpha value is -4.15. The summed E-state index contributed by atoms with van der Waals surface area (Å²) in [5.74, 6) is 0.422. The van der Waals surface area contributed by atoms with E-state index in [1.165, 1.54) is 30.6 Å². The predicted octanol–water partition coefficient (Wildman–Crippen LogP) is 5.50. The largest absolute Gasteiger partial charge is 0.573 e. The Morgan fingerprint density at radius 1 is 0.694 bits per heavy atom. The van der Waals surface area contributed by atoms with E-state index in [0.717, 1.165) is 80.7 Å². The quantitative estimate of drug-likeness (QED) is 0.167. The van der Waals surface area contributed by atoms with Crippen LogP contribution in [0.15, 0.2) is 61.2 Å². The van der Waals surface area contributed by atoms with Crippen LogP contribution in [0.4, 0.5) is 32.2 Å². The lowest BCUT2D eigenvalue weighted by Crippen LogP contribution is -2.45. The van der Waals surface area contributed by atoms with Gasteiger partial charge in [0, 0.05) is 13.1 Å². The average molecular weight is 695 g/mol. The number of benzene rings is 2. The molecule has 0 radical (unpaired) electrons. The van der Waals surface area contributed by atoms with E-state index in [4.69, 9.17) is 11.5 Å². The molecule has 2 saturated heterocycles. The number of halogens is 6. The van der Waals surface area contributed by atoms with Crippen LogP contribution in [0.1, 0.15) is 36.8 Å². The van der Waals surface area contributed by atoms with Crippen molar-refractivity contribution in [3.05, 3.63) is 72.3 Å². The van der Waals surface area contributed by atoms with Crippen molar-refractivity contribution in [2.75, 3.05) is 44.2 Å². The number of nitrogens with zero attached hydrogens (tertiary/aromatic N) is 4. The number of hydrogen-bond acceptors (Lipinski definition) is 9. The first-order chi connectivity index (χ1) is 23.3. The fourth-order valence-corrected chi connectivity index (χ4v) is 6.53. The molecular weight excluding hydrogens is 654 g/mol. The minimum atomic E-state index is -4.69. The van der Waals surface area contributed by atoms with Crippen molar-refractivity contribution in [1.29, 1.82) is 0 Å². The zero-order valence-corrected chi connectivity index (χ0v) is 26.8. The topological polar surface area (TPSA) is 140 Å². The Labute approximate surface area is 279 Å². The highest BCUT2D eigenvalue weighted by molar-refractivity contribution is 5.82. The van der Waals surface area contributed by atoms with Gasteiger partial charge in [-0.05, 0) is 111 Å². The van der Waals surface area contributed by atoms with Gasteiger partial charge in [-0.2, -0.15) is 0 Å². The van der Waals surface area contributed by atoms with Gasteiger partial charge in [-0.25, -0.2) is 15.0 Å². The number of hydrogen-bond donors (Lipinski definition) is 4. The summed E-state index contributed by atoms with van der Waals surface area (Å²) in [6.07, 6.45) is -1.05. The van der Waals surface area contributed by atoms with E-state index in [9.17, 15) is 26.3 Å². The van der Waals surface area contributed by atoms with Gasteiger partial charge < -0.3 is 36.1 Å². The summed E-state index contributed by atoms with van der Waals surface area (Å²) in [6.45, 7) is 4.52. The number of imidazole rings is 1. The first-order valence-electron chi connectivity index (χ1n) is 16.0. The highest BCUT2D eigenvalue weighted by Crippen LogP contribution is 2.37. The first kappa shape index (κ1) is 36.1. The molecule has 4 heterocycles. The lowest BCUT2D eigenvalue weighted by atomic mass is 9.74. The van der Waals surface area contributed by atoms with Crippen LogP contribution < -0.4 is 31.2 Å². The zero-order valence-electron chi connectivity index (χ0n) is 26.8. The van der Waals surface area contributed by atoms with E-state index in [-0.39, 0.29) is 22.3 Å². The molecule has 0 saturated carbocycles. The van der Waals surface area contributed by atoms with E-state index in [0.29, 0.717) is 25.2 Å². The van der Waals surface area contributed by atoms with E-state index in [1.54, 1.807) is 30.6 Å². The summed E-state index contributed by atoms with van der Waals surface area (Å²) in [4.78, 5) is 18.0. The molecule has 2 aliphatic heterocycles. The van der Waals surface area contributed by atoms with Crippen LogP contribution in [-0.4, -0.2) is 71.9 Å². The van der Waals surface area contributed by atoms with Gasteiger partial charge in [0.2, 0.25) is 0 Å². The van der Waals surface area contributed by atoms with Crippen LogP contribution in [0.3, 0.4) is 0 Å². The number of nitrogens with one attached hydrogen (secondary N) is 2. The number of anilines is 1. The number of fused-ring (bicyclic) bond motifs is 1. The first-order valence-corrected chi connectivity index (χ1v) is 16.0. The summed E-state index contributed by atoms with van der Waals surface area (Å²) in [5, 5.41) is 3.29. The molecule has 2 aromatic carbocycles. The lowest BCUT2D eigenvalue weighted by Gasteiger charge is -2.42. The van der Waals surface area contributed by atoms with Crippen molar-refractivity contribution in [2.45, 2.75) is 51.2 Å². The van der Waals surface area contributed by atoms with E-state index >= 15 is 0 Å². The minimum Gasteiger partial charge on any atom is -0.406 e. The van der Waals surface area contributed by atoms with E-state index in [1.807, 2.05) is 0 Å². The molecule has 0 aliphatic carbocycles. The van der Waals surface area contributed by atoms with Crippen LogP contribution >= 0.6 is 0 Å². The Morgan fingerprint density at radius 2 is 1.18 bits per heavy atom. The molecule has 6 N–H and O–H groups in total. The summed E-state index contributed by atoms with van der Waals surface area (Å²) >= 11 is 0. The molecule has 266 valence electrons. The smallest absolute Gasteiger partial charge is 0.406 e. The van der Waals surface area contributed by atoms with Crippen LogP contribution in [0.25, 0.3) is 11.2 Å². The number of nitrogens with two attached hydrogens (primary N) is 2. The molecule has 2 aliphatic rings. The molecule has 0 amide bonds. The molecule has 6 rings (SSSR count). The fraction of sp³-hybridized carbons (Fsp3) is 0.485. The van der Waals surface area contributed by atoms with Gasteiger partial charge in [0.15, 0.2) is 11.5 Å². The van der Waals surface area contributed by atoms with Gasteiger partial charge in [-0.1, -0.05) is 24.3 Å². The van der Waals surface area contributed by atoms with Crippen LogP contribution in [-0.2, 0) is 12.8 Å². The molecule has 2 aromatic heterocycles. The van der Waals surface area contributed by atoms with Crippen molar-refractivity contribution in [2.24, 2.45) is 22.3 Å². The highest BCUT2D eigenvalue weighted by Gasteiger charge is 2.36. The molecule has 0 bridgehead atoms. The normalized spacial score (nSPS) is 17.7.